The van der Waals surface area contributed by atoms with Gasteiger partial charge in [-0.05, 0) is 29.9 Å². The molecule has 0 spiro atoms. The summed E-state index contributed by atoms with van der Waals surface area (Å²) in [6, 6.07) is 10.5. The van der Waals surface area contributed by atoms with Crippen LogP contribution in [-0.2, 0) is 0 Å². The molecule has 1 atom stereocenters. The van der Waals surface area contributed by atoms with Crippen LogP contribution in [0.15, 0.2) is 36.5 Å². The summed E-state index contributed by atoms with van der Waals surface area (Å²) in [6.07, 6.45) is 4.31. The molecule has 82 valence electrons. The van der Waals surface area contributed by atoms with E-state index in [1.165, 1.54) is 23.8 Å². The SMILES string of the molecule is CC1(C(N)c2cccc3cccnc23)CC1. The Hall–Kier alpha value is -1.41. The molecule has 1 aromatic carbocycles. The minimum atomic E-state index is 0.117. The fraction of sp³-hybridized carbons (Fsp3) is 0.357. The van der Waals surface area contributed by atoms with Gasteiger partial charge in [-0.15, -0.1) is 0 Å². The lowest BCUT2D eigenvalue weighted by Gasteiger charge is -2.20. The number of pyridine rings is 1. The minimum absolute atomic E-state index is 0.117. The summed E-state index contributed by atoms with van der Waals surface area (Å²) >= 11 is 0. The number of para-hydroxylation sites is 1. The third-order valence-electron chi connectivity index (χ3n) is 3.79. The quantitative estimate of drug-likeness (QED) is 0.831. The lowest BCUT2D eigenvalue weighted by molar-refractivity contribution is 0.453. The third kappa shape index (κ3) is 1.41. The summed E-state index contributed by atoms with van der Waals surface area (Å²) < 4.78 is 0. The van der Waals surface area contributed by atoms with Crippen LogP contribution in [0.25, 0.3) is 10.9 Å². The maximum Gasteiger partial charge on any atom is 0.0749 e. The molecule has 0 radical (unpaired) electrons. The van der Waals surface area contributed by atoms with Crippen molar-refractivity contribution in [2.75, 3.05) is 0 Å². The third-order valence-corrected chi connectivity index (χ3v) is 3.79. The summed E-state index contributed by atoms with van der Waals surface area (Å²) in [5, 5.41) is 1.18. The van der Waals surface area contributed by atoms with Gasteiger partial charge in [-0.2, -0.15) is 0 Å². The van der Waals surface area contributed by atoms with Crippen molar-refractivity contribution in [1.82, 2.24) is 4.98 Å². The van der Waals surface area contributed by atoms with Crippen molar-refractivity contribution >= 4 is 10.9 Å². The number of fused-ring (bicyclic) bond motifs is 1. The van der Waals surface area contributed by atoms with Gasteiger partial charge in [-0.25, -0.2) is 0 Å². The molecule has 1 unspecified atom stereocenters. The van der Waals surface area contributed by atoms with Gasteiger partial charge in [0.05, 0.1) is 5.52 Å². The van der Waals surface area contributed by atoms with E-state index in [1.807, 2.05) is 12.3 Å². The van der Waals surface area contributed by atoms with Crippen LogP contribution < -0.4 is 5.73 Å². The van der Waals surface area contributed by atoms with Gasteiger partial charge >= 0.3 is 0 Å². The number of rotatable bonds is 2. The summed E-state index contributed by atoms with van der Waals surface area (Å²) in [5.41, 5.74) is 8.91. The minimum Gasteiger partial charge on any atom is -0.323 e. The van der Waals surface area contributed by atoms with Gasteiger partial charge in [0.25, 0.3) is 0 Å². The molecular weight excluding hydrogens is 196 g/mol. The molecule has 0 saturated heterocycles. The lowest BCUT2D eigenvalue weighted by Crippen LogP contribution is -2.20. The maximum absolute atomic E-state index is 6.36. The van der Waals surface area contributed by atoms with Crippen LogP contribution in [0.5, 0.6) is 0 Å². The fourth-order valence-electron chi connectivity index (χ4n) is 2.26. The normalized spacial score (nSPS) is 19.6. The molecule has 2 nitrogen and oxygen atoms in total. The zero-order valence-corrected chi connectivity index (χ0v) is 9.48. The second kappa shape index (κ2) is 3.29. The number of hydrogen-bond acceptors (Lipinski definition) is 2. The Morgan fingerprint density at radius 3 is 2.75 bits per heavy atom. The van der Waals surface area contributed by atoms with Crippen LogP contribution in [0.4, 0.5) is 0 Å². The number of hydrogen-bond donors (Lipinski definition) is 1. The predicted molar refractivity (Wildman–Crippen MR) is 66.0 cm³/mol. The van der Waals surface area contributed by atoms with E-state index in [0.29, 0.717) is 5.41 Å². The Balaban J connectivity index is 2.16. The van der Waals surface area contributed by atoms with Gasteiger partial charge < -0.3 is 5.73 Å². The Morgan fingerprint density at radius 1 is 1.25 bits per heavy atom. The maximum atomic E-state index is 6.36. The van der Waals surface area contributed by atoms with Crippen molar-refractivity contribution in [3.05, 3.63) is 42.1 Å². The van der Waals surface area contributed by atoms with E-state index in [9.17, 15) is 0 Å². The summed E-state index contributed by atoms with van der Waals surface area (Å²) in [5.74, 6) is 0. The van der Waals surface area contributed by atoms with E-state index in [1.54, 1.807) is 0 Å². The molecule has 16 heavy (non-hydrogen) atoms. The van der Waals surface area contributed by atoms with Gasteiger partial charge in [-0.1, -0.05) is 31.2 Å². The second-order valence-electron chi connectivity index (χ2n) is 5.05. The molecular formula is C14H16N2. The van der Waals surface area contributed by atoms with E-state index in [2.05, 4.69) is 36.2 Å². The van der Waals surface area contributed by atoms with E-state index in [0.717, 1.165) is 5.52 Å². The van der Waals surface area contributed by atoms with Crippen molar-refractivity contribution in [3.8, 4) is 0 Å². The van der Waals surface area contributed by atoms with Gasteiger partial charge in [0.15, 0.2) is 0 Å². The van der Waals surface area contributed by atoms with Gasteiger partial charge in [0.2, 0.25) is 0 Å². The van der Waals surface area contributed by atoms with Crippen LogP contribution in [0.2, 0.25) is 0 Å². The van der Waals surface area contributed by atoms with Gasteiger partial charge in [-0.3, -0.25) is 4.98 Å². The Kier molecular flexibility index (Phi) is 2.01. The average molecular weight is 212 g/mol. The van der Waals surface area contributed by atoms with Crippen LogP contribution in [0.3, 0.4) is 0 Å². The second-order valence-corrected chi connectivity index (χ2v) is 5.05. The molecule has 1 aliphatic rings. The standard InChI is InChI=1S/C14H16N2/c1-14(7-8-14)13(15)11-6-2-4-10-5-3-9-16-12(10)11/h2-6,9,13H,7-8,15H2,1H3. The molecule has 1 aromatic heterocycles. The monoisotopic (exact) mass is 212 g/mol. The first kappa shape index (κ1) is 9.79. The molecule has 0 aliphatic heterocycles. The number of nitrogens with zero attached hydrogens (tertiary/aromatic N) is 1. The molecule has 1 aliphatic carbocycles. The molecule has 1 heterocycles. The molecule has 2 aromatic rings. The first-order valence-electron chi connectivity index (χ1n) is 5.80. The van der Waals surface area contributed by atoms with Crippen molar-refractivity contribution in [2.24, 2.45) is 11.1 Å². The summed E-state index contributed by atoms with van der Waals surface area (Å²) in [6.45, 7) is 2.26. The predicted octanol–water partition coefficient (Wildman–Crippen LogP) is 3.03. The van der Waals surface area contributed by atoms with Crippen molar-refractivity contribution in [1.29, 1.82) is 0 Å². The number of nitrogens with two attached hydrogens (primary N) is 1. The van der Waals surface area contributed by atoms with Crippen molar-refractivity contribution in [2.45, 2.75) is 25.8 Å². The molecule has 2 heteroatoms. The van der Waals surface area contributed by atoms with E-state index >= 15 is 0 Å². The van der Waals surface area contributed by atoms with Crippen LogP contribution in [0, 0.1) is 5.41 Å². The molecule has 0 amide bonds. The van der Waals surface area contributed by atoms with E-state index in [4.69, 9.17) is 5.73 Å². The number of benzene rings is 1. The highest BCUT2D eigenvalue weighted by molar-refractivity contribution is 5.82. The van der Waals surface area contributed by atoms with Crippen LogP contribution in [-0.4, -0.2) is 4.98 Å². The van der Waals surface area contributed by atoms with E-state index < -0.39 is 0 Å². The molecule has 0 bridgehead atoms. The van der Waals surface area contributed by atoms with Crippen LogP contribution in [0.1, 0.15) is 31.4 Å². The molecule has 1 fully saturated rings. The largest absolute Gasteiger partial charge is 0.323 e. The van der Waals surface area contributed by atoms with Crippen molar-refractivity contribution in [3.63, 3.8) is 0 Å². The lowest BCUT2D eigenvalue weighted by atomic mass is 9.91. The zero-order chi connectivity index (χ0) is 11.2. The summed E-state index contributed by atoms with van der Waals surface area (Å²) in [4.78, 5) is 4.46. The fourth-order valence-corrected chi connectivity index (χ4v) is 2.26. The highest BCUT2D eigenvalue weighted by atomic mass is 14.8. The Bertz CT molecular complexity index is 524. The first-order chi connectivity index (χ1) is 7.71. The zero-order valence-electron chi connectivity index (χ0n) is 9.48. The topological polar surface area (TPSA) is 38.9 Å². The Morgan fingerprint density at radius 2 is 2.00 bits per heavy atom. The smallest absolute Gasteiger partial charge is 0.0749 e. The summed E-state index contributed by atoms with van der Waals surface area (Å²) in [7, 11) is 0. The molecule has 2 N–H and O–H groups in total. The number of aromatic nitrogens is 1. The average Bonchev–Trinajstić information content (AvgIpc) is 3.07. The van der Waals surface area contributed by atoms with Crippen molar-refractivity contribution < 1.29 is 0 Å². The van der Waals surface area contributed by atoms with Gasteiger partial charge in [0, 0.05) is 17.6 Å². The van der Waals surface area contributed by atoms with Gasteiger partial charge in [0.1, 0.15) is 0 Å². The highest BCUT2D eigenvalue weighted by Crippen LogP contribution is 2.53. The Labute approximate surface area is 95.5 Å². The van der Waals surface area contributed by atoms with E-state index in [-0.39, 0.29) is 6.04 Å². The van der Waals surface area contributed by atoms with Crippen LogP contribution >= 0.6 is 0 Å². The highest BCUT2D eigenvalue weighted by Gasteiger charge is 2.44. The molecule has 3 rings (SSSR count). The first-order valence-corrected chi connectivity index (χ1v) is 5.80. The molecule has 1 saturated carbocycles.